The second-order valence-electron chi connectivity index (χ2n) is 7.71. The molecule has 0 unspecified atom stereocenters. The largest absolute Gasteiger partial charge is 0.367 e. The van der Waals surface area contributed by atoms with Crippen LogP contribution in [0, 0.1) is 0 Å². The highest BCUT2D eigenvalue weighted by Crippen LogP contribution is 2.29. The van der Waals surface area contributed by atoms with Crippen molar-refractivity contribution in [2.45, 2.75) is 37.5 Å². The molecule has 0 aromatic heterocycles. The third kappa shape index (κ3) is 4.01. The van der Waals surface area contributed by atoms with Crippen molar-refractivity contribution < 1.29 is 4.74 Å². The van der Waals surface area contributed by atoms with Crippen molar-refractivity contribution in [2.24, 2.45) is 0 Å². The van der Waals surface area contributed by atoms with Crippen LogP contribution >= 0.6 is 0 Å². The van der Waals surface area contributed by atoms with E-state index in [0.29, 0.717) is 0 Å². The van der Waals surface area contributed by atoms with Gasteiger partial charge in [0.25, 0.3) is 0 Å². The average molecular weight is 351 g/mol. The predicted molar refractivity (Wildman–Crippen MR) is 106 cm³/mol. The summed E-state index contributed by atoms with van der Waals surface area (Å²) < 4.78 is 6.41. The van der Waals surface area contributed by atoms with Crippen molar-refractivity contribution in [1.29, 1.82) is 0 Å². The Labute approximate surface area is 157 Å². The molecule has 0 spiro atoms. The topological polar surface area (TPSA) is 15.7 Å². The molecule has 2 heterocycles. The molecule has 2 aliphatic heterocycles. The summed E-state index contributed by atoms with van der Waals surface area (Å²) in [5.74, 6) is 0. The van der Waals surface area contributed by atoms with E-state index in [0.717, 1.165) is 25.2 Å². The lowest BCUT2D eigenvalue weighted by Gasteiger charge is -2.26. The van der Waals surface area contributed by atoms with Gasteiger partial charge >= 0.3 is 0 Å². The van der Waals surface area contributed by atoms with Crippen LogP contribution in [0.5, 0.6) is 0 Å². The van der Waals surface area contributed by atoms with Gasteiger partial charge in [-0.15, -0.1) is 0 Å². The quantitative estimate of drug-likeness (QED) is 0.784. The van der Waals surface area contributed by atoms with E-state index < -0.39 is 0 Å². The normalized spacial score (nSPS) is 24.1. The van der Waals surface area contributed by atoms with E-state index in [1.165, 1.54) is 43.5 Å². The zero-order valence-electron chi connectivity index (χ0n) is 15.8. The summed E-state index contributed by atoms with van der Waals surface area (Å²) in [6, 6.07) is 22.7. The average Bonchev–Trinajstić information content (AvgIpc) is 2.94. The first-order valence-corrected chi connectivity index (χ1v) is 9.97. The molecule has 2 bridgehead atoms. The Hall–Kier alpha value is -1.68. The molecule has 3 heteroatoms. The number of fused-ring (bicyclic) bond motifs is 2. The monoisotopic (exact) mass is 350 g/mol. The fourth-order valence-electron chi connectivity index (χ4n) is 4.52. The molecule has 2 aliphatic rings. The minimum atomic E-state index is 0.0171. The first kappa shape index (κ1) is 17.7. The summed E-state index contributed by atoms with van der Waals surface area (Å²) in [7, 11) is 2.31. The standard InChI is InChI=1S/C23H30N2O/c1-24-21-12-13-22(24)18-25(15-14-21)16-17-26-23(19-8-4-2-5-9-19)20-10-6-3-7-11-20/h2-11,21-23H,12-18H2,1H3/t21-,22-/m0/s1. The highest BCUT2D eigenvalue weighted by Gasteiger charge is 2.34. The maximum absolute atomic E-state index is 6.41. The Bertz CT molecular complexity index is 636. The van der Waals surface area contributed by atoms with Crippen LogP contribution in [0.4, 0.5) is 0 Å². The van der Waals surface area contributed by atoms with E-state index >= 15 is 0 Å². The summed E-state index contributed by atoms with van der Waals surface area (Å²) in [5, 5.41) is 0. The molecular formula is C23H30N2O. The Morgan fingerprint density at radius 3 is 2.15 bits per heavy atom. The van der Waals surface area contributed by atoms with Crippen molar-refractivity contribution in [3.05, 3.63) is 71.8 Å². The molecule has 0 N–H and O–H groups in total. The molecular weight excluding hydrogens is 320 g/mol. The Balaban J connectivity index is 1.38. The van der Waals surface area contributed by atoms with Crippen LogP contribution in [0.3, 0.4) is 0 Å². The van der Waals surface area contributed by atoms with Gasteiger partial charge in [-0.05, 0) is 44.0 Å². The SMILES string of the molecule is CN1[C@H]2CC[C@H]1CN(CCOC(c1ccccc1)c1ccccc1)CC2. The number of likely N-dealkylation sites (N-methyl/N-ethyl adjacent to an activating group) is 1. The molecule has 26 heavy (non-hydrogen) atoms. The van der Waals surface area contributed by atoms with Crippen molar-refractivity contribution in [3.63, 3.8) is 0 Å². The molecule has 2 saturated heterocycles. The first-order valence-electron chi connectivity index (χ1n) is 9.97. The summed E-state index contributed by atoms with van der Waals surface area (Å²) in [4.78, 5) is 5.21. The van der Waals surface area contributed by atoms with Crippen LogP contribution in [0.15, 0.2) is 60.7 Å². The van der Waals surface area contributed by atoms with E-state index in [4.69, 9.17) is 4.74 Å². The number of hydrogen-bond acceptors (Lipinski definition) is 3. The molecule has 2 atom stereocenters. The van der Waals surface area contributed by atoms with Gasteiger partial charge in [-0.3, -0.25) is 9.80 Å². The van der Waals surface area contributed by atoms with E-state index in [1.807, 2.05) is 0 Å². The molecule has 0 aliphatic carbocycles. The molecule has 0 radical (unpaired) electrons. The predicted octanol–water partition coefficient (Wildman–Crippen LogP) is 3.96. The van der Waals surface area contributed by atoms with Gasteiger partial charge in [0.1, 0.15) is 6.10 Å². The minimum Gasteiger partial charge on any atom is -0.367 e. The van der Waals surface area contributed by atoms with E-state index in [-0.39, 0.29) is 6.10 Å². The lowest BCUT2D eigenvalue weighted by atomic mass is 10.0. The Morgan fingerprint density at radius 1 is 0.885 bits per heavy atom. The molecule has 2 fully saturated rings. The molecule has 0 saturated carbocycles. The van der Waals surface area contributed by atoms with Gasteiger partial charge < -0.3 is 4.74 Å². The number of benzene rings is 2. The summed E-state index contributed by atoms with van der Waals surface area (Å²) in [6.45, 7) is 4.19. The van der Waals surface area contributed by atoms with Gasteiger partial charge in [0, 0.05) is 25.2 Å². The van der Waals surface area contributed by atoms with Crippen LogP contribution < -0.4 is 0 Å². The van der Waals surface area contributed by atoms with Gasteiger partial charge in [0.15, 0.2) is 0 Å². The lowest BCUT2D eigenvalue weighted by Crippen LogP contribution is -2.38. The van der Waals surface area contributed by atoms with Crippen molar-refractivity contribution >= 4 is 0 Å². The molecule has 138 valence electrons. The fourth-order valence-corrected chi connectivity index (χ4v) is 4.52. The second kappa shape index (κ2) is 8.34. The second-order valence-corrected chi connectivity index (χ2v) is 7.71. The number of ether oxygens (including phenoxy) is 1. The van der Waals surface area contributed by atoms with Crippen LogP contribution in [0.2, 0.25) is 0 Å². The maximum atomic E-state index is 6.41. The smallest absolute Gasteiger partial charge is 0.108 e. The van der Waals surface area contributed by atoms with E-state index in [2.05, 4.69) is 77.5 Å². The highest BCUT2D eigenvalue weighted by atomic mass is 16.5. The van der Waals surface area contributed by atoms with E-state index in [9.17, 15) is 0 Å². The Morgan fingerprint density at radius 2 is 1.50 bits per heavy atom. The third-order valence-electron chi connectivity index (χ3n) is 6.13. The zero-order chi connectivity index (χ0) is 17.8. The van der Waals surface area contributed by atoms with Gasteiger partial charge in [0.2, 0.25) is 0 Å². The highest BCUT2D eigenvalue weighted by molar-refractivity contribution is 5.29. The summed E-state index contributed by atoms with van der Waals surface area (Å²) in [6.07, 6.45) is 4.06. The lowest BCUT2D eigenvalue weighted by molar-refractivity contribution is 0.0579. The molecule has 2 aromatic rings. The zero-order valence-corrected chi connectivity index (χ0v) is 15.8. The number of hydrogen-bond donors (Lipinski definition) is 0. The first-order chi connectivity index (χ1) is 12.8. The summed E-state index contributed by atoms with van der Waals surface area (Å²) in [5.41, 5.74) is 2.46. The number of rotatable bonds is 6. The number of nitrogens with zero attached hydrogens (tertiary/aromatic N) is 2. The van der Waals surface area contributed by atoms with Crippen molar-refractivity contribution in [2.75, 3.05) is 33.3 Å². The maximum Gasteiger partial charge on any atom is 0.108 e. The fraction of sp³-hybridized carbons (Fsp3) is 0.478. The van der Waals surface area contributed by atoms with Crippen LogP contribution in [0.1, 0.15) is 36.5 Å². The molecule has 3 nitrogen and oxygen atoms in total. The third-order valence-corrected chi connectivity index (χ3v) is 6.13. The van der Waals surface area contributed by atoms with Crippen LogP contribution in [-0.2, 0) is 4.74 Å². The van der Waals surface area contributed by atoms with Crippen molar-refractivity contribution in [1.82, 2.24) is 9.80 Å². The van der Waals surface area contributed by atoms with Crippen LogP contribution in [0.25, 0.3) is 0 Å². The minimum absolute atomic E-state index is 0.0171. The van der Waals surface area contributed by atoms with Crippen LogP contribution in [-0.4, -0.2) is 55.2 Å². The molecule has 0 amide bonds. The Kier molecular flexibility index (Phi) is 5.68. The molecule has 4 rings (SSSR count). The van der Waals surface area contributed by atoms with Gasteiger partial charge in [-0.25, -0.2) is 0 Å². The van der Waals surface area contributed by atoms with Gasteiger partial charge in [-0.2, -0.15) is 0 Å². The molecule has 2 aromatic carbocycles. The van der Waals surface area contributed by atoms with E-state index in [1.54, 1.807) is 0 Å². The van der Waals surface area contributed by atoms with Gasteiger partial charge in [-0.1, -0.05) is 60.7 Å². The van der Waals surface area contributed by atoms with Crippen molar-refractivity contribution in [3.8, 4) is 0 Å². The van der Waals surface area contributed by atoms with Gasteiger partial charge in [0.05, 0.1) is 6.61 Å². The summed E-state index contributed by atoms with van der Waals surface area (Å²) >= 11 is 0. The number of likely N-dealkylation sites (tertiary alicyclic amines) is 1.